The van der Waals surface area contributed by atoms with E-state index in [1.165, 1.54) is 18.2 Å². The van der Waals surface area contributed by atoms with Gasteiger partial charge in [0, 0.05) is 11.3 Å². The van der Waals surface area contributed by atoms with Crippen molar-refractivity contribution in [2.24, 2.45) is 0 Å². The van der Waals surface area contributed by atoms with Crippen LogP contribution in [0.1, 0.15) is 15.9 Å². The SMILES string of the molecule is [CH2]c1ccc(NC(=O)c2cccc(F)c2)cc1. The summed E-state index contributed by atoms with van der Waals surface area (Å²) in [6.45, 7) is 3.75. The van der Waals surface area contributed by atoms with Gasteiger partial charge in [0.2, 0.25) is 0 Å². The molecule has 3 heteroatoms. The Hall–Kier alpha value is -2.16. The molecule has 85 valence electrons. The fourth-order valence-electron chi connectivity index (χ4n) is 1.42. The van der Waals surface area contributed by atoms with Gasteiger partial charge in [-0.3, -0.25) is 4.79 Å². The molecule has 0 aliphatic carbocycles. The van der Waals surface area contributed by atoms with E-state index >= 15 is 0 Å². The third-order valence-corrected chi connectivity index (χ3v) is 2.30. The number of anilines is 1. The lowest BCUT2D eigenvalue weighted by molar-refractivity contribution is 0.102. The highest BCUT2D eigenvalue weighted by molar-refractivity contribution is 6.04. The van der Waals surface area contributed by atoms with Crippen molar-refractivity contribution in [3.8, 4) is 0 Å². The van der Waals surface area contributed by atoms with Crippen molar-refractivity contribution in [2.45, 2.75) is 0 Å². The molecule has 2 nitrogen and oxygen atoms in total. The molecule has 0 saturated carbocycles. The molecule has 0 spiro atoms. The maximum atomic E-state index is 12.9. The van der Waals surface area contributed by atoms with Crippen molar-refractivity contribution < 1.29 is 9.18 Å². The van der Waals surface area contributed by atoms with Gasteiger partial charge in [-0.05, 0) is 42.8 Å². The number of carbonyl (C=O) groups excluding carboxylic acids is 1. The molecule has 1 radical (unpaired) electrons. The van der Waals surface area contributed by atoms with Gasteiger partial charge in [-0.15, -0.1) is 0 Å². The first-order chi connectivity index (χ1) is 8.15. The summed E-state index contributed by atoms with van der Waals surface area (Å²) >= 11 is 0. The Balaban J connectivity index is 2.14. The number of carbonyl (C=O) groups is 1. The van der Waals surface area contributed by atoms with E-state index in [4.69, 9.17) is 0 Å². The van der Waals surface area contributed by atoms with Crippen molar-refractivity contribution in [3.63, 3.8) is 0 Å². The fourth-order valence-corrected chi connectivity index (χ4v) is 1.42. The van der Waals surface area contributed by atoms with Gasteiger partial charge in [-0.2, -0.15) is 0 Å². The fraction of sp³-hybridized carbons (Fsp3) is 0. The maximum Gasteiger partial charge on any atom is 0.255 e. The summed E-state index contributed by atoms with van der Waals surface area (Å²) in [5.74, 6) is -0.757. The summed E-state index contributed by atoms with van der Waals surface area (Å²) in [7, 11) is 0. The van der Waals surface area contributed by atoms with E-state index in [0.717, 1.165) is 5.56 Å². The number of amides is 1. The Morgan fingerprint density at radius 2 is 1.82 bits per heavy atom. The van der Waals surface area contributed by atoms with Crippen LogP contribution in [-0.2, 0) is 0 Å². The van der Waals surface area contributed by atoms with E-state index in [1.54, 1.807) is 30.3 Å². The van der Waals surface area contributed by atoms with Gasteiger partial charge in [0.15, 0.2) is 0 Å². The topological polar surface area (TPSA) is 29.1 Å². The summed E-state index contributed by atoms with van der Waals surface area (Å²) in [5.41, 5.74) is 1.82. The molecule has 0 heterocycles. The number of benzene rings is 2. The van der Waals surface area contributed by atoms with E-state index in [9.17, 15) is 9.18 Å². The standard InChI is InChI=1S/C14H11FNO/c1-10-5-7-13(8-6-10)16-14(17)11-3-2-4-12(15)9-11/h2-9H,1H2,(H,16,17). The predicted molar refractivity (Wildman–Crippen MR) is 65.3 cm³/mol. The van der Waals surface area contributed by atoms with E-state index < -0.39 is 5.82 Å². The van der Waals surface area contributed by atoms with Crippen LogP contribution in [0.15, 0.2) is 48.5 Å². The first kappa shape index (κ1) is 11.3. The van der Waals surface area contributed by atoms with Gasteiger partial charge in [0.1, 0.15) is 5.82 Å². The summed E-state index contributed by atoms with van der Waals surface area (Å²) in [5, 5.41) is 2.68. The molecule has 0 unspecified atom stereocenters. The van der Waals surface area contributed by atoms with Gasteiger partial charge < -0.3 is 5.32 Å². The number of hydrogen-bond acceptors (Lipinski definition) is 1. The molecule has 1 N–H and O–H groups in total. The molecule has 2 aromatic carbocycles. The first-order valence-electron chi connectivity index (χ1n) is 5.14. The van der Waals surface area contributed by atoms with Gasteiger partial charge in [-0.1, -0.05) is 18.2 Å². The molecule has 0 fully saturated rings. The van der Waals surface area contributed by atoms with Crippen LogP contribution in [0.25, 0.3) is 0 Å². The third-order valence-electron chi connectivity index (χ3n) is 2.30. The van der Waals surface area contributed by atoms with Gasteiger partial charge in [0.25, 0.3) is 5.91 Å². The zero-order valence-electron chi connectivity index (χ0n) is 9.11. The molecule has 2 rings (SSSR count). The third kappa shape index (κ3) is 2.91. The van der Waals surface area contributed by atoms with Crippen molar-refractivity contribution >= 4 is 11.6 Å². The summed E-state index contributed by atoms with van der Waals surface area (Å²) < 4.78 is 12.9. The second kappa shape index (κ2) is 4.78. The summed E-state index contributed by atoms with van der Waals surface area (Å²) in [6, 6.07) is 12.7. The molecule has 0 aromatic heterocycles. The van der Waals surface area contributed by atoms with Gasteiger partial charge in [-0.25, -0.2) is 4.39 Å². The first-order valence-corrected chi connectivity index (χ1v) is 5.14. The monoisotopic (exact) mass is 228 g/mol. The minimum Gasteiger partial charge on any atom is -0.322 e. The van der Waals surface area contributed by atoms with Gasteiger partial charge >= 0.3 is 0 Å². The molecule has 1 amide bonds. The minimum absolute atomic E-state index is 0.295. The molecule has 0 bridgehead atoms. The Morgan fingerprint density at radius 1 is 1.12 bits per heavy atom. The lowest BCUT2D eigenvalue weighted by Gasteiger charge is -2.05. The number of halogens is 1. The second-order valence-electron chi connectivity index (χ2n) is 3.66. The van der Waals surface area contributed by atoms with Crippen LogP contribution in [0.5, 0.6) is 0 Å². The lowest BCUT2D eigenvalue weighted by Crippen LogP contribution is -2.11. The van der Waals surface area contributed by atoms with E-state index in [1.807, 2.05) is 0 Å². The molecular weight excluding hydrogens is 217 g/mol. The molecule has 0 aliphatic rings. The maximum absolute atomic E-state index is 12.9. The Bertz CT molecular complexity index is 534. The van der Waals surface area contributed by atoms with E-state index in [0.29, 0.717) is 11.3 Å². The lowest BCUT2D eigenvalue weighted by atomic mass is 10.2. The normalized spacial score (nSPS) is 10.0. The highest BCUT2D eigenvalue weighted by Crippen LogP contribution is 2.11. The number of rotatable bonds is 2. The van der Waals surface area contributed by atoms with Crippen LogP contribution >= 0.6 is 0 Å². The van der Waals surface area contributed by atoms with Crippen LogP contribution in [-0.4, -0.2) is 5.91 Å². The smallest absolute Gasteiger partial charge is 0.255 e. The van der Waals surface area contributed by atoms with Crippen LogP contribution < -0.4 is 5.32 Å². The molecule has 2 aromatic rings. The summed E-state index contributed by atoms with van der Waals surface area (Å²) in [6.07, 6.45) is 0. The molecule has 17 heavy (non-hydrogen) atoms. The van der Waals surface area contributed by atoms with Crippen molar-refractivity contribution in [2.75, 3.05) is 5.32 Å². The highest BCUT2D eigenvalue weighted by Gasteiger charge is 2.06. The Morgan fingerprint density at radius 3 is 2.47 bits per heavy atom. The molecular formula is C14H11FNO. The zero-order valence-corrected chi connectivity index (χ0v) is 9.11. The van der Waals surface area contributed by atoms with Crippen LogP contribution in [0.3, 0.4) is 0 Å². The van der Waals surface area contributed by atoms with Crippen LogP contribution in [0.2, 0.25) is 0 Å². The largest absolute Gasteiger partial charge is 0.322 e. The number of nitrogens with one attached hydrogen (secondary N) is 1. The van der Waals surface area contributed by atoms with Gasteiger partial charge in [0.05, 0.1) is 0 Å². The average molecular weight is 228 g/mol. The minimum atomic E-state index is -0.425. The Labute approximate surface area is 99.1 Å². The second-order valence-corrected chi connectivity index (χ2v) is 3.66. The molecule has 0 aliphatic heterocycles. The van der Waals surface area contributed by atoms with E-state index in [2.05, 4.69) is 12.2 Å². The molecule has 0 saturated heterocycles. The van der Waals surface area contributed by atoms with Crippen molar-refractivity contribution in [1.29, 1.82) is 0 Å². The van der Waals surface area contributed by atoms with Crippen molar-refractivity contribution in [3.05, 3.63) is 72.4 Å². The highest BCUT2D eigenvalue weighted by atomic mass is 19.1. The molecule has 0 atom stereocenters. The van der Waals surface area contributed by atoms with Crippen molar-refractivity contribution in [1.82, 2.24) is 0 Å². The average Bonchev–Trinajstić information content (AvgIpc) is 2.32. The summed E-state index contributed by atoms with van der Waals surface area (Å²) in [4.78, 5) is 11.8. The predicted octanol–water partition coefficient (Wildman–Crippen LogP) is 3.26. The van der Waals surface area contributed by atoms with Crippen LogP contribution in [0.4, 0.5) is 10.1 Å². The quantitative estimate of drug-likeness (QED) is 0.839. The van der Waals surface area contributed by atoms with Crippen LogP contribution in [0, 0.1) is 12.7 Å². The zero-order chi connectivity index (χ0) is 12.3. The number of hydrogen-bond donors (Lipinski definition) is 1. The van der Waals surface area contributed by atoms with E-state index in [-0.39, 0.29) is 5.91 Å². The Kier molecular flexibility index (Phi) is 3.19.